The van der Waals surface area contributed by atoms with E-state index in [0.717, 1.165) is 30.5 Å². The highest BCUT2D eigenvalue weighted by atomic mass is 19.1. The fourth-order valence-electron chi connectivity index (χ4n) is 4.55. The second-order valence-corrected chi connectivity index (χ2v) is 9.22. The third kappa shape index (κ3) is 6.16. The van der Waals surface area contributed by atoms with E-state index in [1.54, 1.807) is 48.3 Å². The number of carbonyl (C=O) groups excluding carboxylic acids is 3. The number of halogens is 2. The van der Waals surface area contributed by atoms with Crippen LogP contribution in [0.3, 0.4) is 0 Å². The SMILES string of the molecule is COc1cc(F)c(C(=O)Nc2ccc(C3CCN(C(=O)CN(C)C(=O)c4ccccc4)CC3)cc2)c(F)c1. The lowest BCUT2D eigenvalue weighted by atomic mass is 9.89. The monoisotopic (exact) mass is 521 g/mol. The summed E-state index contributed by atoms with van der Waals surface area (Å²) < 4.78 is 33.2. The number of hydrogen-bond acceptors (Lipinski definition) is 4. The third-order valence-corrected chi connectivity index (χ3v) is 6.71. The van der Waals surface area contributed by atoms with Gasteiger partial charge in [0.2, 0.25) is 5.91 Å². The summed E-state index contributed by atoms with van der Waals surface area (Å²) in [6.07, 6.45) is 1.52. The lowest BCUT2D eigenvalue weighted by Crippen LogP contribution is -2.44. The van der Waals surface area contributed by atoms with Crippen LogP contribution in [0, 0.1) is 11.6 Å². The largest absolute Gasteiger partial charge is 0.497 e. The molecule has 0 saturated carbocycles. The van der Waals surface area contributed by atoms with Crippen molar-refractivity contribution < 1.29 is 27.9 Å². The van der Waals surface area contributed by atoms with E-state index in [4.69, 9.17) is 4.74 Å². The minimum atomic E-state index is -1.01. The number of nitrogens with one attached hydrogen (secondary N) is 1. The van der Waals surface area contributed by atoms with Crippen molar-refractivity contribution in [2.45, 2.75) is 18.8 Å². The van der Waals surface area contributed by atoms with Crippen LogP contribution < -0.4 is 10.1 Å². The van der Waals surface area contributed by atoms with Gasteiger partial charge in [0, 0.05) is 43.5 Å². The number of rotatable bonds is 7. The molecule has 3 aromatic carbocycles. The average Bonchev–Trinajstić information content (AvgIpc) is 2.93. The molecule has 0 bridgehead atoms. The zero-order chi connectivity index (χ0) is 27.2. The smallest absolute Gasteiger partial charge is 0.261 e. The molecule has 0 aromatic heterocycles. The summed E-state index contributed by atoms with van der Waals surface area (Å²) in [5.74, 6) is -2.98. The van der Waals surface area contributed by atoms with Crippen molar-refractivity contribution in [3.63, 3.8) is 0 Å². The third-order valence-electron chi connectivity index (χ3n) is 6.71. The second kappa shape index (κ2) is 11.9. The molecular formula is C29H29F2N3O4. The van der Waals surface area contributed by atoms with E-state index in [1.807, 2.05) is 18.2 Å². The molecule has 3 amide bonds. The molecule has 0 spiro atoms. The summed E-state index contributed by atoms with van der Waals surface area (Å²) in [4.78, 5) is 40.9. The molecule has 7 nitrogen and oxygen atoms in total. The number of hydrogen-bond donors (Lipinski definition) is 1. The van der Waals surface area contributed by atoms with E-state index in [9.17, 15) is 23.2 Å². The number of piperidine rings is 1. The van der Waals surface area contributed by atoms with Crippen LogP contribution in [-0.4, -0.2) is 61.3 Å². The minimum absolute atomic E-state index is 0.0126. The molecule has 1 saturated heterocycles. The molecule has 0 unspecified atom stereocenters. The molecule has 3 aromatic rings. The number of methoxy groups -OCH3 is 1. The molecule has 38 heavy (non-hydrogen) atoms. The van der Waals surface area contributed by atoms with Gasteiger partial charge in [-0.1, -0.05) is 30.3 Å². The number of benzene rings is 3. The highest BCUT2D eigenvalue weighted by molar-refractivity contribution is 6.04. The van der Waals surface area contributed by atoms with E-state index >= 15 is 0 Å². The first kappa shape index (κ1) is 26.8. The predicted molar refractivity (Wildman–Crippen MR) is 139 cm³/mol. The lowest BCUT2D eigenvalue weighted by Gasteiger charge is -2.33. The van der Waals surface area contributed by atoms with Crippen LogP contribution in [0.4, 0.5) is 14.5 Å². The fraction of sp³-hybridized carbons (Fsp3) is 0.276. The molecule has 1 aliphatic rings. The molecule has 0 radical (unpaired) electrons. The molecule has 0 aliphatic carbocycles. The van der Waals surface area contributed by atoms with E-state index < -0.39 is 23.1 Å². The zero-order valence-corrected chi connectivity index (χ0v) is 21.2. The Labute approximate surface area is 220 Å². The highest BCUT2D eigenvalue weighted by Crippen LogP contribution is 2.29. The maximum atomic E-state index is 14.2. The first-order valence-corrected chi connectivity index (χ1v) is 12.3. The second-order valence-electron chi connectivity index (χ2n) is 9.22. The normalized spacial score (nSPS) is 13.6. The molecule has 1 fully saturated rings. The Morgan fingerprint density at radius 3 is 2.16 bits per heavy atom. The molecule has 0 atom stereocenters. The topological polar surface area (TPSA) is 79.0 Å². The number of carbonyl (C=O) groups is 3. The van der Waals surface area contributed by atoms with Crippen molar-refractivity contribution in [3.8, 4) is 5.75 Å². The van der Waals surface area contributed by atoms with Gasteiger partial charge < -0.3 is 19.9 Å². The van der Waals surface area contributed by atoms with Crippen LogP contribution in [0.15, 0.2) is 66.7 Å². The van der Waals surface area contributed by atoms with E-state index in [2.05, 4.69) is 5.32 Å². The predicted octanol–water partition coefficient (Wildman–Crippen LogP) is 4.70. The first-order chi connectivity index (χ1) is 18.3. The number of likely N-dealkylation sites (tertiary alicyclic amines) is 1. The number of ether oxygens (including phenoxy) is 1. The average molecular weight is 522 g/mol. The zero-order valence-electron chi connectivity index (χ0n) is 21.2. The summed E-state index contributed by atoms with van der Waals surface area (Å²) in [7, 11) is 2.91. The van der Waals surface area contributed by atoms with Gasteiger partial charge in [-0.25, -0.2) is 8.78 Å². The minimum Gasteiger partial charge on any atom is -0.497 e. The number of nitrogens with zero attached hydrogens (tertiary/aromatic N) is 2. The van der Waals surface area contributed by atoms with E-state index in [1.165, 1.54) is 12.0 Å². The van der Waals surface area contributed by atoms with Gasteiger partial charge >= 0.3 is 0 Å². The Balaban J connectivity index is 1.29. The fourth-order valence-corrected chi connectivity index (χ4v) is 4.55. The Morgan fingerprint density at radius 2 is 1.58 bits per heavy atom. The molecule has 198 valence electrons. The van der Waals surface area contributed by atoms with Gasteiger partial charge in [-0.3, -0.25) is 14.4 Å². The van der Waals surface area contributed by atoms with Crippen LogP contribution in [0.5, 0.6) is 5.75 Å². The van der Waals surface area contributed by atoms with Gasteiger partial charge in [0.05, 0.1) is 13.7 Å². The van der Waals surface area contributed by atoms with E-state index in [0.29, 0.717) is 24.3 Å². The molecular weight excluding hydrogens is 492 g/mol. The van der Waals surface area contributed by atoms with Crippen LogP contribution in [0.2, 0.25) is 0 Å². The number of anilines is 1. The van der Waals surface area contributed by atoms with Gasteiger partial charge in [0.15, 0.2) is 0 Å². The molecule has 1 N–H and O–H groups in total. The summed E-state index contributed by atoms with van der Waals surface area (Å²) in [6.45, 7) is 1.17. The van der Waals surface area contributed by atoms with Crippen molar-refractivity contribution >= 4 is 23.4 Å². The van der Waals surface area contributed by atoms with Crippen LogP contribution in [0.1, 0.15) is 45.0 Å². The van der Waals surface area contributed by atoms with Crippen molar-refractivity contribution in [1.29, 1.82) is 0 Å². The Bertz CT molecular complexity index is 1280. The van der Waals surface area contributed by atoms with E-state index in [-0.39, 0.29) is 30.0 Å². The van der Waals surface area contributed by atoms with Gasteiger partial charge in [0.25, 0.3) is 11.8 Å². The van der Waals surface area contributed by atoms with Crippen molar-refractivity contribution in [2.75, 3.05) is 39.1 Å². The quantitative estimate of drug-likeness (QED) is 0.489. The Kier molecular flexibility index (Phi) is 8.35. The molecule has 1 heterocycles. The van der Waals surface area contributed by atoms with Crippen molar-refractivity contribution in [2.24, 2.45) is 0 Å². The molecule has 4 rings (SSSR count). The van der Waals surface area contributed by atoms with Crippen molar-refractivity contribution in [3.05, 3.63) is 95.1 Å². The lowest BCUT2D eigenvalue weighted by molar-refractivity contribution is -0.132. The van der Waals surface area contributed by atoms with Crippen molar-refractivity contribution in [1.82, 2.24) is 9.80 Å². The molecule has 1 aliphatic heterocycles. The maximum Gasteiger partial charge on any atom is 0.261 e. The Morgan fingerprint density at radius 1 is 0.974 bits per heavy atom. The summed E-state index contributed by atoms with van der Waals surface area (Å²) in [5.41, 5.74) is 1.32. The standard InChI is InChI=1S/C29H29F2N3O4/c1-33(29(37)21-6-4-3-5-7-21)18-26(35)34-14-12-20(13-15-34)19-8-10-22(11-9-19)32-28(36)27-24(30)16-23(38-2)17-25(27)31/h3-11,16-17,20H,12-15,18H2,1-2H3,(H,32,36). The number of likely N-dealkylation sites (N-methyl/N-ethyl adjacent to an activating group) is 1. The van der Waals surface area contributed by atoms with Gasteiger partial charge in [-0.05, 0) is 48.6 Å². The summed E-state index contributed by atoms with van der Waals surface area (Å²) in [6, 6.07) is 17.9. The Hall–Kier alpha value is -4.27. The summed E-state index contributed by atoms with van der Waals surface area (Å²) >= 11 is 0. The first-order valence-electron chi connectivity index (χ1n) is 12.3. The van der Waals surface area contributed by atoms with Crippen LogP contribution in [-0.2, 0) is 4.79 Å². The van der Waals surface area contributed by atoms with Crippen LogP contribution >= 0.6 is 0 Å². The van der Waals surface area contributed by atoms with Gasteiger partial charge in [-0.15, -0.1) is 0 Å². The summed E-state index contributed by atoms with van der Waals surface area (Å²) in [5, 5.41) is 2.52. The van der Waals surface area contributed by atoms with Gasteiger partial charge in [0.1, 0.15) is 22.9 Å². The molecule has 9 heteroatoms. The van der Waals surface area contributed by atoms with Gasteiger partial charge in [-0.2, -0.15) is 0 Å². The maximum absolute atomic E-state index is 14.2. The van der Waals surface area contributed by atoms with Crippen LogP contribution in [0.25, 0.3) is 0 Å². The number of amides is 3. The highest BCUT2D eigenvalue weighted by Gasteiger charge is 2.26.